The quantitative estimate of drug-likeness (QED) is 0.145. The average molecular weight is 667 g/mol. The summed E-state index contributed by atoms with van der Waals surface area (Å²) in [5.41, 5.74) is 2.93. The van der Waals surface area contributed by atoms with E-state index in [1.165, 1.54) is 6.08 Å². The van der Waals surface area contributed by atoms with Crippen molar-refractivity contribution < 1.29 is 19.1 Å². The van der Waals surface area contributed by atoms with Crippen LogP contribution in [0.1, 0.15) is 16.7 Å². The van der Waals surface area contributed by atoms with Crippen LogP contribution in [0.25, 0.3) is 16.8 Å². The van der Waals surface area contributed by atoms with Crippen LogP contribution in [0.15, 0.2) is 88.9 Å². The van der Waals surface area contributed by atoms with Crippen molar-refractivity contribution in [2.24, 2.45) is 0 Å². The van der Waals surface area contributed by atoms with Crippen molar-refractivity contribution in [2.75, 3.05) is 4.90 Å². The van der Waals surface area contributed by atoms with Gasteiger partial charge < -0.3 is 4.74 Å². The Balaban J connectivity index is 1.41. The van der Waals surface area contributed by atoms with Crippen LogP contribution in [0.5, 0.6) is 5.75 Å². The summed E-state index contributed by atoms with van der Waals surface area (Å²) in [6.45, 7) is 2.29. The fraction of sp³-hybridized carbons (Fsp3) is 0.0690. The summed E-state index contributed by atoms with van der Waals surface area (Å²) in [4.78, 5) is 39.2. The smallest absolute Gasteiger partial charge is 0.335 e. The number of nitrogens with zero attached hydrogens (tertiary/aromatic N) is 1. The van der Waals surface area contributed by atoms with Gasteiger partial charge in [0.15, 0.2) is 0 Å². The van der Waals surface area contributed by atoms with Crippen LogP contribution >= 0.6 is 38.5 Å². The number of fused-ring (bicyclic) bond motifs is 1. The van der Waals surface area contributed by atoms with Gasteiger partial charge in [0.2, 0.25) is 0 Å². The number of rotatable bonds is 5. The molecule has 0 spiro atoms. The van der Waals surface area contributed by atoms with Crippen molar-refractivity contribution in [1.29, 1.82) is 0 Å². The molecule has 0 aromatic heterocycles. The zero-order valence-corrected chi connectivity index (χ0v) is 23.4. The standard InChI is InChI=1S/C29H20BrIN2O4/c1-17-9-11-21(12-10-17)33-28(35)23(27(34)32-29(33)36)13-18-14-24(30)26(25(31)15-18)37-16-20-7-4-6-19-5-2-3-8-22(19)20/h2-15H,16H2,1H3,(H,32,34,36)/b23-13+. The number of benzene rings is 4. The molecule has 184 valence electrons. The first-order valence-corrected chi connectivity index (χ1v) is 13.3. The number of carbonyl (C=O) groups excluding carboxylic acids is 3. The summed E-state index contributed by atoms with van der Waals surface area (Å²) in [6.07, 6.45) is 1.48. The number of aryl methyl sites for hydroxylation is 1. The van der Waals surface area contributed by atoms with E-state index in [0.29, 0.717) is 28.1 Å². The van der Waals surface area contributed by atoms with Crippen molar-refractivity contribution in [1.82, 2.24) is 5.32 Å². The lowest BCUT2D eigenvalue weighted by Gasteiger charge is -2.26. The van der Waals surface area contributed by atoms with Gasteiger partial charge in [-0.05, 0) is 97.7 Å². The maximum Gasteiger partial charge on any atom is 0.335 e. The summed E-state index contributed by atoms with van der Waals surface area (Å²) < 4.78 is 7.66. The minimum atomic E-state index is -0.774. The molecule has 6 nitrogen and oxygen atoms in total. The van der Waals surface area contributed by atoms with Gasteiger partial charge in [0.05, 0.1) is 13.7 Å². The van der Waals surface area contributed by atoms with Gasteiger partial charge in [-0.15, -0.1) is 0 Å². The number of halogens is 2. The lowest BCUT2D eigenvalue weighted by Crippen LogP contribution is -2.54. The van der Waals surface area contributed by atoms with E-state index < -0.39 is 17.8 Å². The molecule has 37 heavy (non-hydrogen) atoms. The van der Waals surface area contributed by atoms with E-state index in [-0.39, 0.29) is 5.57 Å². The molecule has 0 atom stereocenters. The molecular formula is C29H20BrIN2O4. The number of barbiturate groups is 1. The number of urea groups is 1. The predicted molar refractivity (Wildman–Crippen MR) is 155 cm³/mol. The van der Waals surface area contributed by atoms with E-state index in [0.717, 1.165) is 30.4 Å². The summed E-state index contributed by atoms with van der Waals surface area (Å²) in [7, 11) is 0. The molecule has 0 radical (unpaired) electrons. The van der Waals surface area contributed by atoms with E-state index >= 15 is 0 Å². The molecule has 4 amide bonds. The first-order chi connectivity index (χ1) is 17.8. The topological polar surface area (TPSA) is 75.7 Å². The van der Waals surface area contributed by atoms with Crippen molar-refractivity contribution >= 4 is 78.9 Å². The molecule has 1 aliphatic rings. The highest BCUT2D eigenvalue weighted by Crippen LogP contribution is 2.34. The van der Waals surface area contributed by atoms with E-state index in [2.05, 4.69) is 62.0 Å². The number of hydrogen-bond acceptors (Lipinski definition) is 4. The van der Waals surface area contributed by atoms with E-state index in [1.54, 1.807) is 30.3 Å². The number of imide groups is 2. The number of ether oxygens (including phenoxy) is 1. The molecule has 0 aliphatic carbocycles. The molecule has 1 N–H and O–H groups in total. The fourth-order valence-electron chi connectivity index (χ4n) is 4.12. The lowest BCUT2D eigenvalue weighted by molar-refractivity contribution is -0.122. The number of amides is 4. The average Bonchev–Trinajstić information content (AvgIpc) is 2.87. The Morgan fingerprint density at radius 2 is 1.70 bits per heavy atom. The van der Waals surface area contributed by atoms with Gasteiger partial charge in [-0.3, -0.25) is 14.9 Å². The second-order valence-corrected chi connectivity index (χ2v) is 10.6. The van der Waals surface area contributed by atoms with Crippen molar-refractivity contribution in [3.05, 3.63) is 109 Å². The molecule has 8 heteroatoms. The molecular weight excluding hydrogens is 647 g/mol. The molecule has 4 aromatic carbocycles. The van der Waals surface area contributed by atoms with Crippen molar-refractivity contribution in [2.45, 2.75) is 13.5 Å². The number of nitrogens with one attached hydrogen (secondary N) is 1. The third-order valence-corrected chi connectivity index (χ3v) is 7.37. The molecule has 0 saturated carbocycles. The van der Waals surface area contributed by atoms with E-state index in [1.807, 2.05) is 37.3 Å². The molecule has 4 aromatic rings. The Labute approximate surface area is 235 Å². The normalized spacial score (nSPS) is 14.8. The van der Waals surface area contributed by atoms with E-state index in [4.69, 9.17) is 4.74 Å². The highest BCUT2D eigenvalue weighted by Gasteiger charge is 2.36. The maximum absolute atomic E-state index is 13.2. The second kappa shape index (κ2) is 10.5. The summed E-state index contributed by atoms with van der Waals surface area (Å²) in [6, 6.07) is 24.0. The number of hydrogen-bond donors (Lipinski definition) is 1. The van der Waals surface area contributed by atoms with Gasteiger partial charge in [-0.1, -0.05) is 60.2 Å². The highest BCUT2D eigenvalue weighted by molar-refractivity contribution is 14.1. The van der Waals surface area contributed by atoms with Crippen LogP contribution in [0.3, 0.4) is 0 Å². The summed E-state index contributed by atoms with van der Waals surface area (Å²) in [5.74, 6) is -0.757. The summed E-state index contributed by atoms with van der Waals surface area (Å²) >= 11 is 5.73. The Bertz CT molecular complexity index is 1570. The fourth-order valence-corrected chi connectivity index (χ4v) is 5.89. The number of anilines is 1. The van der Waals surface area contributed by atoms with Crippen LogP contribution in [0.4, 0.5) is 10.5 Å². The lowest BCUT2D eigenvalue weighted by atomic mass is 10.1. The molecule has 1 saturated heterocycles. The Kier molecular flexibility index (Phi) is 7.12. The zero-order chi connectivity index (χ0) is 26.1. The zero-order valence-electron chi connectivity index (χ0n) is 19.6. The Morgan fingerprint density at radius 3 is 2.46 bits per heavy atom. The third kappa shape index (κ3) is 5.17. The minimum Gasteiger partial charge on any atom is -0.487 e. The molecule has 5 rings (SSSR count). The first-order valence-electron chi connectivity index (χ1n) is 11.4. The highest BCUT2D eigenvalue weighted by atomic mass is 127. The van der Waals surface area contributed by atoms with E-state index in [9.17, 15) is 14.4 Å². The second-order valence-electron chi connectivity index (χ2n) is 8.53. The van der Waals surface area contributed by atoms with Crippen LogP contribution in [0.2, 0.25) is 0 Å². The largest absolute Gasteiger partial charge is 0.487 e. The molecule has 1 aliphatic heterocycles. The number of carbonyl (C=O) groups is 3. The SMILES string of the molecule is Cc1ccc(N2C(=O)NC(=O)/C(=C\c3cc(Br)c(OCc4cccc5ccccc45)c(I)c3)C2=O)cc1. The van der Waals surface area contributed by atoms with Gasteiger partial charge in [0, 0.05) is 0 Å². The van der Waals surface area contributed by atoms with Gasteiger partial charge >= 0.3 is 6.03 Å². The van der Waals surface area contributed by atoms with Gasteiger partial charge in [-0.2, -0.15) is 0 Å². The molecule has 1 heterocycles. The van der Waals surface area contributed by atoms with Crippen LogP contribution in [-0.4, -0.2) is 17.8 Å². The molecule has 1 fully saturated rings. The maximum atomic E-state index is 13.2. The Morgan fingerprint density at radius 1 is 0.973 bits per heavy atom. The van der Waals surface area contributed by atoms with Gasteiger partial charge in [-0.25, -0.2) is 9.69 Å². The van der Waals surface area contributed by atoms with Crippen LogP contribution in [-0.2, 0) is 16.2 Å². The van der Waals surface area contributed by atoms with Crippen molar-refractivity contribution in [3.63, 3.8) is 0 Å². The van der Waals surface area contributed by atoms with Gasteiger partial charge in [0.1, 0.15) is 17.9 Å². The monoisotopic (exact) mass is 666 g/mol. The van der Waals surface area contributed by atoms with Crippen LogP contribution in [0, 0.1) is 10.5 Å². The third-order valence-electron chi connectivity index (χ3n) is 5.98. The Hall–Kier alpha value is -3.50. The minimum absolute atomic E-state index is 0.132. The molecule has 0 unspecified atom stereocenters. The summed E-state index contributed by atoms with van der Waals surface area (Å²) in [5, 5.41) is 4.54. The van der Waals surface area contributed by atoms with Gasteiger partial charge in [0.25, 0.3) is 11.8 Å². The van der Waals surface area contributed by atoms with Crippen LogP contribution < -0.4 is 15.0 Å². The first kappa shape index (κ1) is 25.2. The predicted octanol–water partition coefficient (Wildman–Crippen LogP) is 6.76. The van der Waals surface area contributed by atoms with Crippen molar-refractivity contribution in [3.8, 4) is 5.75 Å². The molecule has 0 bridgehead atoms.